The number of amides is 1. The normalized spacial score (nSPS) is 10.2. The Morgan fingerprint density at radius 1 is 0.878 bits per heavy atom. The van der Waals surface area contributed by atoms with Crippen LogP contribution in [0.4, 0.5) is 11.4 Å². The van der Waals surface area contributed by atoms with Crippen LogP contribution >= 0.6 is 12.4 Å². The van der Waals surface area contributed by atoms with Crippen LogP contribution < -0.4 is 21.1 Å². The summed E-state index contributed by atoms with van der Waals surface area (Å²) < 4.78 is 5.45. The highest BCUT2D eigenvalue weighted by atomic mass is 35.5. The number of fused-ring (bicyclic) bond motifs is 1. The first-order chi connectivity index (χ1) is 19.1. The van der Waals surface area contributed by atoms with E-state index in [0.717, 1.165) is 4.90 Å². The van der Waals surface area contributed by atoms with Crippen molar-refractivity contribution in [2.24, 2.45) is 16.5 Å². The number of guanidine groups is 1. The van der Waals surface area contributed by atoms with Crippen LogP contribution in [0.5, 0.6) is 5.75 Å². The van der Waals surface area contributed by atoms with Crippen molar-refractivity contribution >= 4 is 64.5 Å². The molecule has 0 unspecified atom stereocenters. The number of benzene rings is 3. The fourth-order valence-corrected chi connectivity index (χ4v) is 3.84. The van der Waals surface area contributed by atoms with E-state index in [2.05, 4.69) is 9.98 Å². The molecule has 1 heterocycles. The van der Waals surface area contributed by atoms with E-state index in [0.29, 0.717) is 22.2 Å². The molecule has 0 atom stereocenters. The van der Waals surface area contributed by atoms with Crippen molar-refractivity contribution in [2.75, 3.05) is 11.4 Å². The molecular weight excluding hydrogens is 554 g/mol. The van der Waals surface area contributed by atoms with Crippen LogP contribution in [0.15, 0.2) is 83.9 Å². The number of carbonyl (C=O) groups excluding carboxylic acids is 2. The molecular formula is C28H24ClN5O7. The van der Waals surface area contributed by atoms with Gasteiger partial charge in [-0.2, -0.15) is 0 Å². The molecule has 0 radical (unpaired) electrons. The maximum Gasteiger partial charge on any atom is 0.343 e. The van der Waals surface area contributed by atoms with Gasteiger partial charge in [-0.15, -0.1) is 12.4 Å². The number of ether oxygens (including phenoxy) is 1. The van der Waals surface area contributed by atoms with Gasteiger partial charge in [0.15, 0.2) is 5.96 Å². The van der Waals surface area contributed by atoms with E-state index in [9.17, 15) is 24.3 Å². The Bertz CT molecular complexity index is 1650. The van der Waals surface area contributed by atoms with Crippen molar-refractivity contribution in [3.05, 3.63) is 95.7 Å². The summed E-state index contributed by atoms with van der Waals surface area (Å²) in [5.41, 5.74) is 12.5. The maximum absolute atomic E-state index is 13.3. The number of rotatable bonds is 9. The summed E-state index contributed by atoms with van der Waals surface area (Å²) in [5, 5.41) is 19.0. The number of carboxylic acids is 2. The SMILES string of the molecule is Cl.NC(N)=Nc1ccc(C(=O)Oc2ccc3nc(C(=O)N(CC(=O)O)c4cccc(CC(=O)O)c4)ccc3c2)cc1. The maximum atomic E-state index is 13.3. The number of aliphatic carboxylic acids is 2. The lowest BCUT2D eigenvalue weighted by Gasteiger charge is -2.21. The first-order valence-electron chi connectivity index (χ1n) is 11.8. The molecule has 0 saturated carbocycles. The minimum atomic E-state index is -1.25. The van der Waals surface area contributed by atoms with E-state index in [4.69, 9.17) is 21.3 Å². The van der Waals surface area contributed by atoms with Crippen molar-refractivity contribution in [3.8, 4) is 5.75 Å². The number of pyridine rings is 1. The standard InChI is InChI=1S/C28H23N5O7.ClH/c29-28(30)31-19-7-4-17(5-8-19)27(39)40-21-9-11-22-18(14-21)6-10-23(32-22)26(38)33(15-25(36)37)20-3-1-2-16(12-20)13-24(34)35;/h1-12,14H,13,15H2,(H,34,35)(H,36,37)(H4,29,30,31);1H. The monoisotopic (exact) mass is 577 g/mol. The molecule has 0 fully saturated rings. The number of aromatic nitrogens is 1. The number of carbonyl (C=O) groups is 4. The second-order valence-corrected chi connectivity index (χ2v) is 8.55. The minimum Gasteiger partial charge on any atom is -0.481 e. The first kappa shape index (κ1) is 30.1. The number of halogens is 1. The molecule has 1 aromatic heterocycles. The summed E-state index contributed by atoms with van der Waals surface area (Å²) in [4.78, 5) is 57.7. The molecule has 3 aromatic carbocycles. The molecule has 0 bridgehead atoms. The van der Waals surface area contributed by atoms with Crippen LogP contribution in [0.3, 0.4) is 0 Å². The Balaban J connectivity index is 0.00000462. The van der Waals surface area contributed by atoms with Gasteiger partial charge in [0.25, 0.3) is 5.91 Å². The summed E-state index contributed by atoms with van der Waals surface area (Å²) in [6.07, 6.45) is -0.284. The largest absolute Gasteiger partial charge is 0.481 e. The minimum absolute atomic E-state index is 0. The summed E-state index contributed by atoms with van der Waals surface area (Å²) in [6, 6.07) is 19.9. The van der Waals surface area contributed by atoms with Crippen molar-refractivity contribution in [1.29, 1.82) is 0 Å². The quantitative estimate of drug-likeness (QED) is 0.0991. The van der Waals surface area contributed by atoms with Gasteiger partial charge >= 0.3 is 17.9 Å². The Morgan fingerprint density at radius 2 is 1.61 bits per heavy atom. The zero-order valence-corrected chi connectivity index (χ0v) is 22.1. The van der Waals surface area contributed by atoms with E-state index in [1.54, 1.807) is 42.5 Å². The summed E-state index contributed by atoms with van der Waals surface area (Å²) in [7, 11) is 0. The summed E-state index contributed by atoms with van der Waals surface area (Å²) in [6.45, 7) is -0.656. The third-order valence-electron chi connectivity index (χ3n) is 5.57. The number of anilines is 1. The van der Waals surface area contributed by atoms with Crippen molar-refractivity contribution in [2.45, 2.75) is 6.42 Å². The molecule has 0 aliphatic heterocycles. The third kappa shape index (κ3) is 7.77. The fourth-order valence-electron chi connectivity index (χ4n) is 3.84. The van der Waals surface area contributed by atoms with Gasteiger partial charge in [-0.3, -0.25) is 19.3 Å². The van der Waals surface area contributed by atoms with Gasteiger partial charge < -0.3 is 26.4 Å². The molecule has 0 aliphatic carbocycles. The van der Waals surface area contributed by atoms with Gasteiger partial charge in [-0.1, -0.05) is 18.2 Å². The average molecular weight is 578 g/mol. The molecule has 41 heavy (non-hydrogen) atoms. The van der Waals surface area contributed by atoms with Gasteiger partial charge in [-0.25, -0.2) is 14.8 Å². The van der Waals surface area contributed by atoms with Gasteiger partial charge in [0.2, 0.25) is 0 Å². The first-order valence-corrected chi connectivity index (χ1v) is 11.8. The number of aliphatic imine (C=N–C) groups is 1. The lowest BCUT2D eigenvalue weighted by molar-refractivity contribution is -0.136. The summed E-state index contributed by atoms with van der Waals surface area (Å²) in [5.74, 6) is -3.47. The van der Waals surface area contributed by atoms with Crippen LogP contribution in [0.2, 0.25) is 0 Å². The predicted molar refractivity (Wildman–Crippen MR) is 153 cm³/mol. The van der Waals surface area contributed by atoms with Crippen LogP contribution in [-0.4, -0.2) is 51.5 Å². The molecule has 0 spiro atoms. The molecule has 4 aromatic rings. The molecule has 12 nitrogen and oxygen atoms in total. The fraction of sp³-hybridized carbons (Fsp3) is 0.0714. The van der Waals surface area contributed by atoms with Crippen LogP contribution in [-0.2, 0) is 16.0 Å². The van der Waals surface area contributed by atoms with Crippen molar-refractivity contribution in [1.82, 2.24) is 4.98 Å². The predicted octanol–water partition coefficient (Wildman–Crippen LogP) is 3.14. The number of nitrogens with zero attached hydrogens (tertiary/aromatic N) is 3. The van der Waals surface area contributed by atoms with Crippen LogP contribution in [0.25, 0.3) is 10.9 Å². The molecule has 13 heteroatoms. The van der Waals surface area contributed by atoms with Gasteiger partial charge in [0, 0.05) is 11.1 Å². The average Bonchev–Trinajstić information content (AvgIpc) is 2.91. The molecule has 6 N–H and O–H groups in total. The van der Waals surface area contributed by atoms with Gasteiger partial charge in [0.1, 0.15) is 18.0 Å². The Hall–Kier alpha value is -5.49. The van der Waals surface area contributed by atoms with Gasteiger partial charge in [-0.05, 0) is 66.2 Å². The van der Waals surface area contributed by atoms with E-state index in [1.807, 2.05) is 0 Å². The zero-order valence-electron chi connectivity index (χ0n) is 21.3. The van der Waals surface area contributed by atoms with E-state index in [-0.39, 0.29) is 47.5 Å². The van der Waals surface area contributed by atoms with E-state index in [1.165, 1.54) is 36.4 Å². The molecule has 0 saturated heterocycles. The zero-order chi connectivity index (χ0) is 28.8. The number of nitrogens with two attached hydrogens (primary N) is 2. The highest BCUT2D eigenvalue weighted by molar-refractivity contribution is 6.08. The lowest BCUT2D eigenvalue weighted by atomic mass is 10.1. The number of carboxylic acid groups (broad SMARTS) is 2. The highest BCUT2D eigenvalue weighted by Gasteiger charge is 2.22. The van der Waals surface area contributed by atoms with Crippen LogP contribution in [0, 0.1) is 0 Å². The highest BCUT2D eigenvalue weighted by Crippen LogP contribution is 2.24. The summed E-state index contributed by atoms with van der Waals surface area (Å²) >= 11 is 0. The molecule has 1 amide bonds. The molecule has 210 valence electrons. The second kappa shape index (κ2) is 13.0. The van der Waals surface area contributed by atoms with Crippen LogP contribution in [0.1, 0.15) is 26.4 Å². The number of hydrogen-bond acceptors (Lipinski definition) is 7. The Labute approximate surface area is 239 Å². The molecule has 4 rings (SSSR count). The van der Waals surface area contributed by atoms with Crippen molar-refractivity contribution < 1.29 is 34.1 Å². The van der Waals surface area contributed by atoms with E-state index < -0.39 is 30.4 Å². The molecule has 0 aliphatic rings. The smallest absolute Gasteiger partial charge is 0.343 e. The third-order valence-corrected chi connectivity index (χ3v) is 5.57. The lowest BCUT2D eigenvalue weighted by Crippen LogP contribution is -2.36. The second-order valence-electron chi connectivity index (χ2n) is 8.55. The number of hydrogen-bond donors (Lipinski definition) is 4. The van der Waals surface area contributed by atoms with Crippen molar-refractivity contribution in [3.63, 3.8) is 0 Å². The van der Waals surface area contributed by atoms with Gasteiger partial charge in [0.05, 0.1) is 23.2 Å². The Morgan fingerprint density at radius 3 is 2.27 bits per heavy atom. The topological polar surface area (TPSA) is 198 Å². The Kier molecular flexibility index (Phi) is 9.56. The van der Waals surface area contributed by atoms with E-state index >= 15 is 0 Å². The number of esters is 1.